The summed E-state index contributed by atoms with van der Waals surface area (Å²) in [7, 11) is 0. The summed E-state index contributed by atoms with van der Waals surface area (Å²) in [6.07, 6.45) is 8.41. The van der Waals surface area contributed by atoms with E-state index in [-0.39, 0.29) is 47.7 Å². The van der Waals surface area contributed by atoms with E-state index in [0.717, 1.165) is 30.3 Å². The maximum absolute atomic E-state index is 13.2. The SMILES string of the molecule is Fc1c[c-]c(-c2ccccn2)c(F)c1.Fc1c[c-]cc(F)c1.[Pt+2].[Pt+2].[S-]c1ccccn1.[S-]c1ccccn1.c1ccncc1. The third-order valence-corrected chi connectivity index (χ3v) is 4.82. The van der Waals surface area contributed by atoms with E-state index in [1.165, 1.54) is 0 Å². The van der Waals surface area contributed by atoms with Crippen LogP contribution in [0.4, 0.5) is 17.6 Å². The Balaban J connectivity index is 0.000000541. The quantitative estimate of drug-likeness (QED) is 0.0961. The number of aromatic nitrogens is 4. The van der Waals surface area contributed by atoms with Crippen LogP contribution in [0.2, 0.25) is 0 Å². The summed E-state index contributed by atoms with van der Waals surface area (Å²) >= 11 is 9.40. The fourth-order valence-corrected chi connectivity index (χ4v) is 2.85. The fourth-order valence-electron chi connectivity index (χ4n) is 2.57. The molecule has 0 atom stereocenters. The first-order valence-electron chi connectivity index (χ1n) is 12.0. The van der Waals surface area contributed by atoms with Gasteiger partial charge in [-0.3, -0.25) is 32.5 Å². The van der Waals surface area contributed by atoms with Crippen LogP contribution in [0.5, 0.6) is 0 Å². The van der Waals surface area contributed by atoms with Gasteiger partial charge in [0.25, 0.3) is 0 Å². The average molecular weight is 993 g/mol. The smallest absolute Gasteiger partial charge is 0.760 e. The molecule has 6 rings (SSSR count). The average Bonchev–Trinajstić information content (AvgIpc) is 3.01. The molecule has 0 aliphatic rings. The zero-order valence-corrected chi connectivity index (χ0v) is 28.6. The van der Waals surface area contributed by atoms with E-state index in [0.29, 0.717) is 15.7 Å². The summed E-state index contributed by atoms with van der Waals surface area (Å²) in [5.74, 6) is -2.47. The van der Waals surface area contributed by atoms with Gasteiger partial charge < -0.3 is 30.2 Å². The van der Waals surface area contributed by atoms with Gasteiger partial charge >= 0.3 is 42.1 Å². The molecule has 0 N–H and O–H groups in total. The van der Waals surface area contributed by atoms with Gasteiger partial charge in [-0.25, -0.2) is 0 Å². The van der Waals surface area contributed by atoms with Crippen molar-refractivity contribution in [2.24, 2.45) is 0 Å². The van der Waals surface area contributed by atoms with Crippen LogP contribution in [-0.2, 0) is 67.4 Å². The third kappa shape index (κ3) is 19.0. The van der Waals surface area contributed by atoms with Crippen molar-refractivity contribution in [2.75, 3.05) is 0 Å². The number of hydrogen-bond acceptors (Lipinski definition) is 6. The van der Waals surface area contributed by atoms with Gasteiger partial charge in [-0.15, -0.1) is 30.3 Å². The van der Waals surface area contributed by atoms with Crippen molar-refractivity contribution in [3.05, 3.63) is 170 Å². The molecule has 0 amide bonds. The van der Waals surface area contributed by atoms with Crippen LogP contribution >= 0.6 is 0 Å². The van der Waals surface area contributed by atoms with E-state index in [9.17, 15) is 17.6 Å². The van der Waals surface area contributed by atoms with Gasteiger partial charge in [-0.05, 0) is 36.0 Å². The van der Waals surface area contributed by atoms with E-state index in [1.807, 2.05) is 42.5 Å². The first-order chi connectivity index (χ1) is 20.3. The maximum Gasteiger partial charge on any atom is 2.00 e. The van der Waals surface area contributed by atoms with Crippen LogP contribution in [0.1, 0.15) is 0 Å². The van der Waals surface area contributed by atoms with E-state index in [4.69, 9.17) is 25.3 Å². The standard InChI is InChI=1S/C11H6F2N.C6H3F2.2C5H5NS.C5H5N.2Pt/c12-8-4-5-9(10(13)7-8)11-3-1-2-6-14-11;7-5-2-1-3-6(8)4-5;2*7-5-3-1-2-4-6-5;1-2-4-6-5-3-1;;/h1-4,6-7H;2-4H;2*1-4H,(H,6,7);1-5H;;/q2*-1;;;;2*+2/p-2. The zero-order valence-electron chi connectivity index (χ0n) is 22.5. The van der Waals surface area contributed by atoms with E-state index >= 15 is 0 Å². The fraction of sp³-hybridized carbons (Fsp3) is 0. The maximum atomic E-state index is 13.2. The second-order valence-corrected chi connectivity index (χ2v) is 8.32. The normalized spacial score (nSPS) is 8.73. The summed E-state index contributed by atoms with van der Waals surface area (Å²) in [6.45, 7) is 0. The molecule has 0 unspecified atom stereocenters. The summed E-state index contributed by atoms with van der Waals surface area (Å²) in [4.78, 5) is 15.3. The Kier molecular flexibility index (Phi) is 23.0. The van der Waals surface area contributed by atoms with Crippen molar-refractivity contribution < 1.29 is 59.7 Å². The molecule has 0 bridgehead atoms. The second-order valence-electron chi connectivity index (χ2n) is 7.49. The second kappa shape index (κ2) is 25.0. The largest absolute Gasteiger partial charge is 2.00 e. The Labute approximate surface area is 293 Å². The Morgan fingerprint density at radius 2 is 1.00 bits per heavy atom. The van der Waals surface area contributed by atoms with Crippen molar-refractivity contribution in [1.29, 1.82) is 0 Å². The molecule has 230 valence electrons. The first kappa shape index (κ1) is 40.6. The molecule has 0 aliphatic heterocycles. The minimum atomic E-state index is -0.649. The molecule has 0 spiro atoms. The van der Waals surface area contributed by atoms with Crippen LogP contribution in [0.3, 0.4) is 0 Å². The van der Waals surface area contributed by atoms with Crippen molar-refractivity contribution in [3.8, 4) is 11.3 Å². The molecule has 4 aromatic heterocycles. The van der Waals surface area contributed by atoms with Gasteiger partial charge in [0.15, 0.2) is 0 Å². The van der Waals surface area contributed by atoms with E-state index < -0.39 is 23.3 Å². The molecule has 0 aliphatic carbocycles. The topological polar surface area (TPSA) is 51.6 Å². The zero-order chi connectivity index (χ0) is 30.4. The Morgan fingerprint density at radius 3 is 1.30 bits per heavy atom. The molecule has 12 heteroatoms. The van der Waals surface area contributed by atoms with E-state index in [1.54, 1.807) is 61.3 Å². The van der Waals surface area contributed by atoms with Gasteiger partial charge in [0.2, 0.25) is 0 Å². The molecule has 6 aromatic rings. The molecule has 4 nitrogen and oxygen atoms in total. The summed E-state index contributed by atoms with van der Waals surface area (Å²) in [5, 5.41) is 1.31. The number of halogens is 4. The van der Waals surface area contributed by atoms with Gasteiger partial charge in [-0.2, -0.15) is 6.07 Å². The van der Waals surface area contributed by atoms with Gasteiger partial charge in [0.1, 0.15) is 0 Å². The number of hydrogen-bond donors (Lipinski definition) is 0. The summed E-state index contributed by atoms with van der Waals surface area (Å²) in [6, 6.07) is 31.5. The Bertz CT molecular complexity index is 1460. The number of benzene rings is 2. The summed E-state index contributed by atoms with van der Waals surface area (Å²) in [5.41, 5.74) is 0.636. The van der Waals surface area contributed by atoms with Gasteiger partial charge in [0, 0.05) is 54.3 Å². The monoisotopic (exact) mass is 992 g/mol. The van der Waals surface area contributed by atoms with Crippen molar-refractivity contribution in [3.63, 3.8) is 0 Å². The Hall–Kier alpha value is -3.42. The van der Waals surface area contributed by atoms with Crippen LogP contribution in [0.15, 0.2) is 144 Å². The minimum Gasteiger partial charge on any atom is -0.760 e. The van der Waals surface area contributed by atoms with Crippen molar-refractivity contribution >= 4 is 25.3 Å². The molecule has 2 aromatic carbocycles. The molecule has 0 saturated heterocycles. The molecular formula is C32H22F4N4Pt2S2. The van der Waals surface area contributed by atoms with Crippen LogP contribution in [0, 0.1) is 35.4 Å². The van der Waals surface area contributed by atoms with Gasteiger partial charge in [-0.1, -0.05) is 64.1 Å². The van der Waals surface area contributed by atoms with Gasteiger partial charge in [0.05, 0.1) is 0 Å². The number of nitrogens with zero attached hydrogens (tertiary/aromatic N) is 4. The number of pyridine rings is 4. The predicted molar refractivity (Wildman–Crippen MR) is 158 cm³/mol. The van der Waals surface area contributed by atoms with Crippen LogP contribution in [0.25, 0.3) is 11.3 Å². The van der Waals surface area contributed by atoms with Crippen molar-refractivity contribution in [1.82, 2.24) is 19.9 Å². The van der Waals surface area contributed by atoms with Crippen LogP contribution < -0.4 is 0 Å². The molecule has 4 heterocycles. The number of rotatable bonds is 1. The first-order valence-corrected chi connectivity index (χ1v) is 12.8. The van der Waals surface area contributed by atoms with Crippen LogP contribution in [-0.4, -0.2) is 19.9 Å². The van der Waals surface area contributed by atoms with Crippen molar-refractivity contribution in [2.45, 2.75) is 10.1 Å². The molecule has 0 fully saturated rings. The summed E-state index contributed by atoms with van der Waals surface area (Å²) < 4.78 is 49.6. The Morgan fingerprint density at radius 1 is 0.523 bits per heavy atom. The molecule has 0 saturated carbocycles. The van der Waals surface area contributed by atoms with E-state index in [2.05, 4.69) is 32.1 Å². The predicted octanol–water partition coefficient (Wildman–Crippen LogP) is 7.64. The minimum absolute atomic E-state index is 0. The molecule has 0 radical (unpaired) electrons. The molecule has 44 heavy (non-hydrogen) atoms. The third-order valence-electron chi connectivity index (χ3n) is 4.34. The molecular weight excluding hydrogens is 971 g/mol.